The number of unbranched alkanes of at least 4 members (excludes halogenated alkanes) is 32. The fraction of sp³-hybridized carbons (Fsp3) is 0.926. The van der Waals surface area contributed by atoms with Crippen molar-refractivity contribution in [1.29, 1.82) is 0 Å². The minimum Gasteiger partial charge on any atom is -0.379 e. The molecule has 0 spiro atoms. The van der Waals surface area contributed by atoms with Gasteiger partial charge in [0.1, 0.15) is 6.10 Å². The standard InChI is InChI=1S/C54H108NO7P/c1-6-8-10-12-14-16-18-20-22-24-26-28-30-32-34-36-38-40-42-44-48-60-50-53(51-62-63(58,59)52(3)55(4,5)47-46-54(56)57)61-49-45-43-41-39-37-35-33-31-29-27-25-23-21-19-17-15-13-11-9-7-2/h20-23,52-54,56-57H,6-19,24-51H2,1-5H3/p+1/b22-20-,23-21-/t52?,53-/m1/s1. The van der Waals surface area contributed by atoms with E-state index >= 15 is 0 Å². The third-order valence-corrected chi connectivity index (χ3v) is 15.1. The Labute approximate surface area is 392 Å². The minimum atomic E-state index is -4.01. The summed E-state index contributed by atoms with van der Waals surface area (Å²) in [5, 5.41) is 18.7. The van der Waals surface area contributed by atoms with Crippen LogP contribution in [0.2, 0.25) is 0 Å². The van der Waals surface area contributed by atoms with Gasteiger partial charge in [-0.3, -0.25) is 4.57 Å². The number of hydrogen-bond acceptors (Lipinski definition) is 6. The zero-order valence-electron chi connectivity index (χ0n) is 42.6. The quantitative estimate of drug-likeness (QED) is 0.0183. The molecule has 0 aliphatic rings. The van der Waals surface area contributed by atoms with E-state index in [0.29, 0.717) is 26.4 Å². The molecule has 9 heteroatoms. The molecule has 0 fully saturated rings. The van der Waals surface area contributed by atoms with Gasteiger partial charge in [0, 0.05) is 19.6 Å². The first-order chi connectivity index (χ1) is 30.6. The molecule has 0 heterocycles. The van der Waals surface area contributed by atoms with Gasteiger partial charge in [-0.25, -0.2) is 0 Å². The van der Waals surface area contributed by atoms with Crippen LogP contribution in [0.4, 0.5) is 0 Å². The summed E-state index contributed by atoms with van der Waals surface area (Å²) in [6, 6.07) is 0. The third-order valence-electron chi connectivity index (χ3n) is 13.0. The lowest BCUT2D eigenvalue weighted by Gasteiger charge is -2.37. The van der Waals surface area contributed by atoms with Gasteiger partial charge in [-0.1, -0.05) is 205 Å². The van der Waals surface area contributed by atoms with Crippen molar-refractivity contribution in [1.82, 2.24) is 0 Å². The Morgan fingerprint density at radius 2 is 0.825 bits per heavy atom. The van der Waals surface area contributed by atoms with Crippen LogP contribution in [0.15, 0.2) is 24.3 Å². The van der Waals surface area contributed by atoms with Crippen molar-refractivity contribution in [3.05, 3.63) is 24.3 Å². The van der Waals surface area contributed by atoms with Crippen molar-refractivity contribution in [2.24, 2.45) is 0 Å². The first-order valence-electron chi connectivity index (χ1n) is 27.2. The van der Waals surface area contributed by atoms with E-state index in [1.165, 1.54) is 205 Å². The van der Waals surface area contributed by atoms with Crippen molar-refractivity contribution in [3.63, 3.8) is 0 Å². The number of aliphatic hydroxyl groups excluding tert-OH is 1. The fourth-order valence-electron chi connectivity index (χ4n) is 8.15. The summed E-state index contributed by atoms with van der Waals surface area (Å²) in [7, 11) is -0.390. The van der Waals surface area contributed by atoms with Gasteiger partial charge in [0.05, 0.1) is 33.9 Å². The van der Waals surface area contributed by atoms with Crippen molar-refractivity contribution in [2.75, 3.05) is 47.1 Å². The van der Waals surface area contributed by atoms with Crippen LogP contribution in [0, 0.1) is 0 Å². The molecule has 0 aromatic carbocycles. The van der Waals surface area contributed by atoms with Crippen LogP contribution in [0.3, 0.4) is 0 Å². The van der Waals surface area contributed by atoms with E-state index in [9.17, 15) is 19.7 Å². The van der Waals surface area contributed by atoms with Gasteiger partial charge in [0.2, 0.25) is 0 Å². The van der Waals surface area contributed by atoms with E-state index in [1.807, 2.05) is 14.1 Å². The summed E-state index contributed by atoms with van der Waals surface area (Å²) in [6.07, 6.45) is 54.7. The van der Waals surface area contributed by atoms with Crippen LogP contribution in [-0.4, -0.2) is 84.8 Å². The normalized spacial score (nSPS) is 14.4. The maximum Gasteiger partial charge on any atom is 0.384 e. The Kier molecular flexibility index (Phi) is 46.1. The maximum atomic E-state index is 13.3. The van der Waals surface area contributed by atoms with E-state index in [-0.39, 0.29) is 17.5 Å². The topological polar surface area (TPSA) is 105 Å². The Balaban J connectivity index is 4.24. The second kappa shape index (κ2) is 46.5. The number of allylic oxidation sites excluding steroid dienone is 4. The average Bonchev–Trinajstić information content (AvgIpc) is 3.26. The zero-order valence-corrected chi connectivity index (χ0v) is 43.5. The van der Waals surface area contributed by atoms with Crippen LogP contribution in [0.1, 0.15) is 258 Å². The summed E-state index contributed by atoms with van der Waals surface area (Å²) in [4.78, 5) is 10.9. The highest BCUT2D eigenvalue weighted by Gasteiger charge is 2.41. The second-order valence-corrected chi connectivity index (χ2v) is 21.7. The molecule has 3 atom stereocenters. The molecule has 0 rings (SSSR count). The number of ether oxygens (including phenoxy) is 2. The molecule has 0 aliphatic carbocycles. The number of quaternary nitrogens is 1. The zero-order chi connectivity index (χ0) is 46.4. The predicted octanol–water partition coefficient (Wildman–Crippen LogP) is 15.9. The van der Waals surface area contributed by atoms with E-state index in [2.05, 4.69) is 38.2 Å². The SMILES string of the molecule is CCCCCCCC/C=C\CCCCCCCCCCCCOC[C@H](COP(=O)(O)C(C)[N+](C)(C)CCC(O)O)OCCCCCCCCCCCC/C=C\CCCCCCCC. The van der Waals surface area contributed by atoms with E-state index in [1.54, 1.807) is 6.92 Å². The molecule has 63 heavy (non-hydrogen) atoms. The number of rotatable bonds is 51. The molecule has 3 N–H and O–H groups in total. The Bertz CT molecular complexity index is 1040. The molecule has 2 unspecified atom stereocenters. The van der Waals surface area contributed by atoms with Crippen molar-refractivity contribution in [2.45, 2.75) is 277 Å². The summed E-state index contributed by atoms with van der Waals surface area (Å²) in [5.41, 5.74) is 0. The van der Waals surface area contributed by atoms with Crippen molar-refractivity contribution in [3.8, 4) is 0 Å². The molecular weight excluding hydrogens is 806 g/mol. The molecule has 0 saturated heterocycles. The lowest BCUT2D eigenvalue weighted by atomic mass is 10.1. The molecule has 0 radical (unpaired) electrons. The number of hydrogen-bond donors (Lipinski definition) is 3. The summed E-state index contributed by atoms with van der Waals surface area (Å²) in [6.45, 7) is 8.16. The Morgan fingerprint density at radius 3 is 1.19 bits per heavy atom. The Hall–Kier alpha value is -0.570. The van der Waals surface area contributed by atoms with E-state index < -0.39 is 25.8 Å². The van der Waals surface area contributed by atoms with Gasteiger partial charge in [0.15, 0.2) is 12.1 Å². The predicted molar refractivity (Wildman–Crippen MR) is 271 cm³/mol. The molecule has 0 amide bonds. The van der Waals surface area contributed by atoms with Crippen LogP contribution in [-0.2, 0) is 18.6 Å². The van der Waals surface area contributed by atoms with Gasteiger partial charge in [0.25, 0.3) is 0 Å². The van der Waals surface area contributed by atoms with Crippen molar-refractivity contribution < 1.29 is 38.2 Å². The highest BCUT2D eigenvalue weighted by Crippen LogP contribution is 2.50. The molecule has 0 aliphatic heterocycles. The van der Waals surface area contributed by atoms with E-state index in [0.717, 1.165) is 25.7 Å². The molecule has 0 bridgehead atoms. The Morgan fingerprint density at radius 1 is 0.492 bits per heavy atom. The lowest BCUT2D eigenvalue weighted by Crippen LogP contribution is -2.49. The van der Waals surface area contributed by atoms with Gasteiger partial charge >= 0.3 is 7.60 Å². The fourth-order valence-corrected chi connectivity index (χ4v) is 9.65. The number of nitrogens with zero attached hydrogens (tertiary/aromatic N) is 1. The summed E-state index contributed by atoms with van der Waals surface area (Å²) >= 11 is 0. The molecule has 0 aromatic heterocycles. The monoisotopic (exact) mass is 915 g/mol. The summed E-state index contributed by atoms with van der Waals surface area (Å²) in [5.74, 6) is -0.730. The highest BCUT2D eigenvalue weighted by atomic mass is 31.2. The largest absolute Gasteiger partial charge is 0.384 e. The smallest absolute Gasteiger partial charge is 0.379 e. The van der Waals surface area contributed by atoms with Gasteiger partial charge in [-0.05, 0) is 71.1 Å². The molecule has 8 nitrogen and oxygen atoms in total. The van der Waals surface area contributed by atoms with Crippen LogP contribution in [0.5, 0.6) is 0 Å². The third kappa shape index (κ3) is 43.7. The molecular formula is C54H109NO7P+. The van der Waals surface area contributed by atoms with Gasteiger partial charge in [-0.15, -0.1) is 0 Å². The minimum absolute atomic E-state index is 0.00776. The first kappa shape index (κ1) is 62.4. The highest BCUT2D eigenvalue weighted by molar-refractivity contribution is 7.53. The van der Waals surface area contributed by atoms with Gasteiger partial charge < -0.3 is 33.6 Å². The number of aliphatic hydroxyl groups is 2. The lowest BCUT2D eigenvalue weighted by molar-refractivity contribution is -0.901. The molecule has 0 saturated carbocycles. The average molecular weight is 915 g/mol. The first-order valence-corrected chi connectivity index (χ1v) is 28.9. The molecule has 0 aromatic rings. The van der Waals surface area contributed by atoms with Crippen LogP contribution in [0.25, 0.3) is 0 Å². The summed E-state index contributed by atoms with van der Waals surface area (Å²) < 4.78 is 31.4. The maximum absolute atomic E-state index is 13.3. The van der Waals surface area contributed by atoms with Crippen LogP contribution >= 0.6 is 7.60 Å². The van der Waals surface area contributed by atoms with Gasteiger partial charge in [-0.2, -0.15) is 0 Å². The van der Waals surface area contributed by atoms with Crippen LogP contribution < -0.4 is 0 Å². The second-order valence-electron chi connectivity index (χ2n) is 19.5. The van der Waals surface area contributed by atoms with E-state index in [4.69, 9.17) is 14.0 Å². The molecule has 376 valence electrons. The van der Waals surface area contributed by atoms with Crippen molar-refractivity contribution >= 4 is 7.60 Å².